The van der Waals surface area contributed by atoms with Crippen LogP contribution in [0.5, 0.6) is 0 Å². The first-order valence-corrected chi connectivity index (χ1v) is 4.49. The molecule has 3 heteroatoms. The zero-order valence-electron chi connectivity index (χ0n) is 5.64. The molecule has 0 aliphatic heterocycles. The molecule has 0 saturated carbocycles. The summed E-state index contributed by atoms with van der Waals surface area (Å²) in [6.07, 6.45) is 0. The lowest BCUT2D eigenvalue weighted by atomic mass is 10.2. The molecule has 0 aliphatic rings. The van der Waals surface area contributed by atoms with Gasteiger partial charge in [0.1, 0.15) is 0 Å². The van der Waals surface area contributed by atoms with Gasteiger partial charge >= 0.3 is 0 Å². The molecule has 0 radical (unpaired) electrons. The summed E-state index contributed by atoms with van der Waals surface area (Å²) in [5.74, 6) is 0. The summed E-state index contributed by atoms with van der Waals surface area (Å²) in [7, 11) is 0. The van der Waals surface area contributed by atoms with Crippen molar-refractivity contribution in [1.82, 2.24) is 0 Å². The van der Waals surface area contributed by atoms with Gasteiger partial charge in [0.2, 0.25) is 5.69 Å². The van der Waals surface area contributed by atoms with Gasteiger partial charge < -0.3 is 0 Å². The van der Waals surface area contributed by atoms with Gasteiger partial charge in [-0.3, -0.25) is 0 Å². The minimum Gasteiger partial charge on any atom is -0.237 e. The Hall–Kier alpha value is -0.520. The zero-order valence-corrected chi connectivity index (χ0v) is 7.98. The molecule has 0 heterocycles. The smallest absolute Gasteiger partial charge is 0.205 e. The molecule has 0 amide bonds. The average Bonchev–Trinajstić information content (AvgIpc) is 2.04. The van der Waals surface area contributed by atoms with Crippen LogP contribution in [0, 0.1) is 6.57 Å². The Morgan fingerprint density at radius 3 is 2.73 bits per heavy atom. The molecular formula is C8H5BrClN. The molecule has 0 unspecified atom stereocenters. The van der Waals surface area contributed by atoms with Gasteiger partial charge in [-0.15, -0.1) is 0 Å². The number of halogens is 2. The molecule has 1 aromatic rings. The van der Waals surface area contributed by atoms with Gasteiger partial charge in [-0.25, -0.2) is 4.85 Å². The van der Waals surface area contributed by atoms with Gasteiger partial charge in [-0.05, 0) is 5.56 Å². The quantitative estimate of drug-likeness (QED) is 0.511. The lowest BCUT2D eigenvalue weighted by molar-refractivity contribution is 1.44. The van der Waals surface area contributed by atoms with Crippen LogP contribution in [0.4, 0.5) is 5.69 Å². The Labute approximate surface area is 78.9 Å². The number of nitrogens with zero attached hydrogens (tertiary/aromatic N) is 1. The van der Waals surface area contributed by atoms with Crippen LogP contribution in [-0.2, 0) is 5.33 Å². The van der Waals surface area contributed by atoms with Crippen LogP contribution in [0.15, 0.2) is 18.2 Å². The Kier molecular flexibility index (Phi) is 2.92. The second-order valence-corrected chi connectivity index (χ2v) is 3.00. The second kappa shape index (κ2) is 3.75. The van der Waals surface area contributed by atoms with E-state index in [1.807, 2.05) is 6.07 Å². The van der Waals surface area contributed by atoms with Crippen molar-refractivity contribution in [2.24, 2.45) is 0 Å². The Balaban J connectivity index is 3.12. The van der Waals surface area contributed by atoms with Crippen molar-refractivity contribution in [3.63, 3.8) is 0 Å². The van der Waals surface area contributed by atoms with E-state index in [0.717, 1.165) is 10.9 Å². The predicted molar refractivity (Wildman–Crippen MR) is 50.3 cm³/mol. The van der Waals surface area contributed by atoms with Gasteiger partial charge in [-0.1, -0.05) is 45.7 Å². The number of alkyl halides is 1. The Morgan fingerprint density at radius 1 is 1.55 bits per heavy atom. The van der Waals surface area contributed by atoms with E-state index in [9.17, 15) is 0 Å². The highest BCUT2D eigenvalue weighted by Crippen LogP contribution is 2.26. The third kappa shape index (κ3) is 1.95. The Morgan fingerprint density at radius 2 is 2.27 bits per heavy atom. The topological polar surface area (TPSA) is 4.36 Å². The molecular weight excluding hydrogens is 225 g/mol. The summed E-state index contributed by atoms with van der Waals surface area (Å²) in [5.41, 5.74) is 1.60. The molecule has 0 aromatic heterocycles. The highest BCUT2D eigenvalue weighted by molar-refractivity contribution is 9.08. The summed E-state index contributed by atoms with van der Waals surface area (Å²) in [4.78, 5) is 3.25. The van der Waals surface area contributed by atoms with E-state index in [0.29, 0.717) is 10.7 Å². The van der Waals surface area contributed by atoms with E-state index >= 15 is 0 Å². The van der Waals surface area contributed by atoms with E-state index in [-0.39, 0.29) is 0 Å². The van der Waals surface area contributed by atoms with Crippen LogP contribution in [-0.4, -0.2) is 0 Å². The molecule has 0 N–H and O–H groups in total. The molecule has 1 aromatic carbocycles. The minimum absolute atomic E-state index is 0.511. The van der Waals surface area contributed by atoms with Crippen LogP contribution in [0.2, 0.25) is 5.02 Å². The SMILES string of the molecule is [C-]#[N+]c1ccc(CBr)cc1Cl. The second-order valence-electron chi connectivity index (χ2n) is 2.03. The fraction of sp³-hybridized carbons (Fsp3) is 0.125. The van der Waals surface area contributed by atoms with Gasteiger partial charge in [0.25, 0.3) is 0 Å². The molecule has 0 spiro atoms. The number of hydrogen-bond acceptors (Lipinski definition) is 0. The van der Waals surface area contributed by atoms with Gasteiger partial charge in [0, 0.05) is 10.4 Å². The number of benzene rings is 1. The van der Waals surface area contributed by atoms with E-state index in [1.165, 1.54) is 0 Å². The third-order valence-corrected chi connectivity index (χ3v) is 2.24. The molecule has 56 valence electrons. The summed E-state index contributed by atoms with van der Waals surface area (Å²) < 4.78 is 0. The van der Waals surface area contributed by atoms with Crippen molar-refractivity contribution < 1.29 is 0 Å². The summed E-state index contributed by atoms with van der Waals surface area (Å²) in [5, 5.41) is 1.29. The maximum atomic E-state index is 6.74. The monoisotopic (exact) mass is 229 g/mol. The zero-order chi connectivity index (χ0) is 8.27. The summed E-state index contributed by atoms with van der Waals surface area (Å²) >= 11 is 9.08. The van der Waals surface area contributed by atoms with E-state index in [4.69, 9.17) is 18.2 Å². The largest absolute Gasteiger partial charge is 0.237 e. The van der Waals surface area contributed by atoms with E-state index in [1.54, 1.807) is 12.1 Å². The lowest BCUT2D eigenvalue weighted by Crippen LogP contribution is -1.75. The molecule has 1 rings (SSSR count). The molecule has 11 heavy (non-hydrogen) atoms. The van der Waals surface area contributed by atoms with Crippen molar-refractivity contribution >= 4 is 33.2 Å². The van der Waals surface area contributed by atoms with Crippen molar-refractivity contribution in [2.45, 2.75) is 5.33 Å². The van der Waals surface area contributed by atoms with E-state index < -0.39 is 0 Å². The average molecular weight is 230 g/mol. The molecule has 0 fully saturated rings. The first kappa shape index (κ1) is 8.58. The molecule has 0 atom stereocenters. The summed E-state index contributed by atoms with van der Waals surface area (Å²) in [6.45, 7) is 6.74. The van der Waals surface area contributed by atoms with E-state index in [2.05, 4.69) is 20.8 Å². The van der Waals surface area contributed by atoms with Crippen molar-refractivity contribution in [1.29, 1.82) is 0 Å². The first-order valence-electron chi connectivity index (χ1n) is 3.00. The van der Waals surface area contributed by atoms with Crippen LogP contribution in [0.1, 0.15) is 5.56 Å². The fourth-order valence-corrected chi connectivity index (χ4v) is 1.32. The highest BCUT2D eigenvalue weighted by atomic mass is 79.9. The van der Waals surface area contributed by atoms with Gasteiger partial charge in [0.05, 0.1) is 6.57 Å². The van der Waals surface area contributed by atoms with Crippen LogP contribution >= 0.6 is 27.5 Å². The van der Waals surface area contributed by atoms with Gasteiger partial charge in [0.15, 0.2) is 0 Å². The molecule has 1 nitrogen and oxygen atoms in total. The van der Waals surface area contributed by atoms with Gasteiger partial charge in [-0.2, -0.15) is 0 Å². The van der Waals surface area contributed by atoms with Crippen LogP contribution in [0.25, 0.3) is 4.85 Å². The molecule has 0 bridgehead atoms. The highest BCUT2D eigenvalue weighted by Gasteiger charge is 1.98. The maximum Gasteiger partial charge on any atom is 0.205 e. The lowest BCUT2D eigenvalue weighted by Gasteiger charge is -1.97. The van der Waals surface area contributed by atoms with Crippen LogP contribution in [0.3, 0.4) is 0 Å². The predicted octanol–water partition coefficient (Wildman–Crippen LogP) is 3.79. The number of hydrogen-bond donors (Lipinski definition) is 0. The Bertz CT molecular complexity index is 303. The number of rotatable bonds is 1. The minimum atomic E-state index is 0.511. The maximum absolute atomic E-state index is 6.74. The third-order valence-electron chi connectivity index (χ3n) is 1.29. The van der Waals surface area contributed by atoms with Crippen molar-refractivity contribution in [2.75, 3.05) is 0 Å². The standard InChI is InChI=1S/C8H5BrClN/c1-11-8-3-2-6(5-9)4-7(8)10/h2-4H,5H2. The normalized spacial score (nSPS) is 9.18. The van der Waals surface area contributed by atoms with Crippen molar-refractivity contribution in [3.05, 3.63) is 40.2 Å². The van der Waals surface area contributed by atoms with Crippen molar-refractivity contribution in [3.8, 4) is 0 Å². The fourth-order valence-electron chi connectivity index (χ4n) is 0.724. The first-order chi connectivity index (χ1) is 5.27. The summed E-state index contributed by atoms with van der Waals surface area (Å²) in [6, 6.07) is 5.41. The van der Waals surface area contributed by atoms with Crippen LogP contribution < -0.4 is 0 Å². The molecule has 0 saturated heterocycles. The molecule has 0 aliphatic carbocycles.